The lowest BCUT2D eigenvalue weighted by Crippen LogP contribution is -2.55. The third-order valence-electron chi connectivity index (χ3n) is 4.65. The highest BCUT2D eigenvalue weighted by Crippen LogP contribution is 2.32. The molecule has 2 N–H and O–H groups in total. The molecule has 3 amide bonds. The van der Waals surface area contributed by atoms with Crippen LogP contribution in [0.4, 0.5) is 0 Å². The quantitative estimate of drug-likeness (QED) is 0.414. The Morgan fingerprint density at radius 1 is 1.25 bits per heavy atom. The summed E-state index contributed by atoms with van der Waals surface area (Å²) in [5, 5.41) is 12.9. The third kappa shape index (κ3) is 5.47. The fraction of sp³-hybridized carbons (Fsp3) is 0.824. The molecule has 0 spiro atoms. The zero-order valence-corrected chi connectivity index (χ0v) is 15.4. The first-order chi connectivity index (χ1) is 11.1. The van der Waals surface area contributed by atoms with Crippen LogP contribution < -0.4 is 5.32 Å². The molecule has 0 heterocycles. The Hall–Kier alpha value is -1.63. The molecule has 1 rings (SSSR count). The van der Waals surface area contributed by atoms with Crippen LogP contribution in [0.2, 0.25) is 0 Å². The second-order valence-electron chi connectivity index (χ2n) is 7.92. The average molecular weight is 341 g/mol. The zero-order chi connectivity index (χ0) is 18.5. The molecule has 24 heavy (non-hydrogen) atoms. The van der Waals surface area contributed by atoms with Gasteiger partial charge in [-0.1, -0.05) is 33.6 Å². The summed E-state index contributed by atoms with van der Waals surface area (Å²) in [6.45, 7) is 5.64. The van der Waals surface area contributed by atoms with Gasteiger partial charge in [0.25, 0.3) is 0 Å². The highest BCUT2D eigenvalue weighted by atomic mass is 16.5. The molecule has 0 saturated heterocycles. The minimum atomic E-state index is -0.660. The van der Waals surface area contributed by atoms with Crippen LogP contribution in [0.1, 0.15) is 46.5 Å². The molecule has 1 saturated carbocycles. The first-order valence-electron chi connectivity index (χ1n) is 8.50. The minimum absolute atomic E-state index is 0.0486. The first kappa shape index (κ1) is 20.4. The van der Waals surface area contributed by atoms with E-state index in [1.54, 1.807) is 14.1 Å². The van der Waals surface area contributed by atoms with E-state index in [1.165, 1.54) is 4.90 Å². The molecule has 0 bridgehead atoms. The average Bonchev–Trinajstić information content (AvgIpc) is 3.01. The van der Waals surface area contributed by atoms with Gasteiger partial charge in [0, 0.05) is 14.1 Å². The van der Waals surface area contributed by atoms with Crippen molar-refractivity contribution in [3.05, 3.63) is 0 Å². The number of rotatable bonds is 7. The Bertz CT molecular complexity index is 453. The van der Waals surface area contributed by atoms with E-state index < -0.39 is 17.4 Å². The maximum Gasteiger partial charge on any atom is 0.245 e. The topological polar surface area (TPSA) is 90.0 Å². The molecule has 1 fully saturated rings. The van der Waals surface area contributed by atoms with E-state index in [2.05, 4.69) is 5.32 Å². The summed E-state index contributed by atoms with van der Waals surface area (Å²) >= 11 is 0. The SMILES string of the molecule is CN(C)C(=O)[C@@H](NC(=O)C(CN(O)C=O)C1CCCC1)C(C)(C)C. The largest absolute Gasteiger partial charge is 0.347 e. The van der Waals surface area contributed by atoms with Crippen LogP contribution in [-0.2, 0) is 14.4 Å². The number of hydrogen-bond donors (Lipinski definition) is 2. The van der Waals surface area contributed by atoms with Crippen molar-refractivity contribution >= 4 is 18.2 Å². The number of amides is 3. The van der Waals surface area contributed by atoms with Crippen molar-refractivity contribution in [3.63, 3.8) is 0 Å². The number of carbonyl (C=O) groups excluding carboxylic acids is 3. The Morgan fingerprint density at radius 2 is 1.79 bits per heavy atom. The molecule has 7 nitrogen and oxygen atoms in total. The molecule has 7 heteroatoms. The number of hydroxylamine groups is 2. The maximum absolute atomic E-state index is 12.8. The van der Waals surface area contributed by atoms with Gasteiger partial charge in [0.05, 0.1) is 12.5 Å². The van der Waals surface area contributed by atoms with Crippen molar-refractivity contribution in [2.45, 2.75) is 52.5 Å². The van der Waals surface area contributed by atoms with Gasteiger partial charge in [-0.2, -0.15) is 0 Å². The lowest BCUT2D eigenvalue weighted by Gasteiger charge is -2.34. The van der Waals surface area contributed by atoms with Gasteiger partial charge in [-0.05, 0) is 24.2 Å². The van der Waals surface area contributed by atoms with Crippen molar-refractivity contribution in [1.29, 1.82) is 0 Å². The van der Waals surface area contributed by atoms with Crippen LogP contribution >= 0.6 is 0 Å². The molecule has 1 unspecified atom stereocenters. The van der Waals surface area contributed by atoms with Gasteiger partial charge in [-0.15, -0.1) is 0 Å². The van der Waals surface area contributed by atoms with Crippen LogP contribution in [0, 0.1) is 17.3 Å². The molecule has 2 atom stereocenters. The van der Waals surface area contributed by atoms with Crippen molar-refractivity contribution in [3.8, 4) is 0 Å². The molecule has 1 aliphatic rings. The zero-order valence-electron chi connectivity index (χ0n) is 15.4. The van der Waals surface area contributed by atoms with Gasteiger partial charge in [0.15, 0.2) is 0 Å². The normalized spacial score (nSPS) is 17.9. The Balaban J connectivity index is 2.94. The van der Waals surface area contributed by atoms with Gasteiger partial charge in [-0.25, -0.2) is 5.06 Å². The third-order valence-corrected chi connectivity index (χ3v) is 4.65. The fourth-order valence-electron chi connectivity index (χ4n) is 3.21. The van der Waals surface area contributed by atoms with Gasteiger partial charge >= 0.3 is 0 Å². The Kier molecular flexibility index (Phi) is 7.20. The van der Waals surface area contributed by atoms with E-state index in [9.17, 15) is 19.6 Å². The number of likely N-dealkylation sites (N-methyl/N-ethyl adjacent to an activating group) is 1. The van der Waals surface area contributed by atoms with Crippen molar-refractivity contribution in [2.24, 2.45) is 17.3 Å². The summed E-state index contributed by atoms with van der Waals surface area (Å²) in [6.07, 6.45) is 4.18. The van der Waals surface area contributed by atoms with E-state index in [0.29, 0.717) is 11.5 Å². The highest BCUT2D eigenvalue weighted by Gasteiger charge is 2.38. The second kappa shape index (κ2) is 8.46. The molecule has 138 valence electrons. The summed E-state index contributed by atoms with van der Waals surface area (Å²) in [5.74, 6) is -0.840. The number of carbonyl (C=O) groups is 3. The van der Waals surface area contributed by atoms with Crippen molar-refractivity contribution in [2.75, 3.05) is 20.6 Å². The van der Waals surface area contributed by atoms with E-state index in [4.69, 9.17) is 0 Å². The van der Waals surface area contributed by atoms with Crippen LogP contribution in [0.25, 0.3) is 0 Å². The summed E-state index contributed by atoms with van der Waals surface area (Å²) in [6, 6.07) is -0.660. The standard InChI is InChI=1S/C17H31N3O4/c1-17(2,3)14(16(23)19(4)5)18-15(22)13(10-20(24)11-21)12-8-6-7-9-12/h11-14,24H,6-10H2,1-5H3,(H,18,22)/t13?,14-/m1/s1. The van der Waals surface area contributed by atoms with Gasteiger partial charge in [0.2, 0.25) is 18.2 Å². The van der Waals surface area contributed by atoms with Crippen LogP contribution in [-0.4, -0.2) is 60.1 Å². The molecule has 0 aromatic heterocycles. The van der Waals surface area contributed by atoms with Crippen LogP contribution in [0.5, 0.6) is 0 Å². The summed E-state index contributed by atoms with van der Waals surface area (Å²) in [5.41, 5.74) is -0.444. The Morgan fingerprint density at radius 3 is 2.21 bits per heavy atom. The lowest BCUT2D eigenvalue weighted by atomic mass is 9.84. The minimum Gasteiger partial charge on any atom is -0.347 e. The second-order valence-corrected chi connectivity index (χ2v) is 7.92. The van der Waals surface area contributed by atoms with Gasteiger partial charge < -0.3 is 10.2 Å². The Labute approximate surface area is 144 Å². The number of nitrogens with zero attached hydrogens (tertiary/aromatic N) is 2. The number of nitrogens with one attached hydrogen (secondary N) is 1. The first-order valence-corrected chi connectivity index (χ1v) is 8.50. The van der Waals surface area contributed by atoms with E-state index in [0.717, 1.165) is 25.7 Å². The smallest absolute Gasteiger partial charge is 0.245 e. The van der Waals surface area contributed by atoms with Gasteiger partial charge in [0.1, 0.15) is 6.04 Å². The highest BCUT2D eigenvalue weighted by molar-refractivity contribution is 5.89. The number of hydrogen-bond acceptors (Lipinski definition) is 4. The van der Waals surface area contributed by atoms with E-state index in [-0.39, 0.29) is 24.3 Å². The monoisotopic (exact) mass is 341 g/mol. The van der Waals surface area contributed by atoms with Crippen molar-refractivity contribution in [1.82, 2.24) is 15.3 Å². The molecular formula is C17H31N3O4. The molecule has 0 aromatic rings. The lowest BCUT2D eigenvalue weighted by molar-refractivity contribution is -0.157. The summed E-state index contributed by atoms with van der Waals surface area (Å²) in [4.78, 5) is 37.5. The van der Waals surface area contributed by atoms with Crippen LogP contribution in [0.3, 0.4) is 0 Å². The van der Waals surface area contributed by atoms with Crippen molar-refractivity contribution < 1.29 is 19.6 Å². The van der Waals surface area contributed by atoms with E-state index in [1.807, 2.05) is 20.8 Å². The maximum atomic E-state index is 12.8. The van der Waals surface area contributed by atoms with Gasteiger partial charge in [-0.3, -0.25) is 19.6 Å². The van der Waals surface area contributed by atoms with Crippen LogP contribution in [0.15, 0.2) is 0 Å². The predicted octanol–water partition coefficient (Wildman–Crippen LogP) is 1.26. The molecule has 0 aromatic carbocycles. The summed E-state index contributed by atoms with van der Waals surface area (Å²) < 4.78 is 0. The molecular weight excluding hydrogens is 310 g/mol. The molecule has 1 aliphatic carbocycles. The van der Waals surface area contributed by atoms with E-state index >= 15 is 0 Å². The summed E-state index contributed by atoms with van der Waals surface area (Å²) in [7, 11) is 3.31. The predicted molar refractivity (Wildman–Crippen MR) is 90.1 cm³/mol. The fourth-order valence-corrected chi connectivity index (χ4v) is 3.21. The molecule has 0 radical (unpaired) electrons. The molecule has 0 aliphatic heterocycles.